The SMILES string of the molecule is C[C@@H]1CC(c2ccc(C#N)c3ncccc23)CC[C@H](CC2CCC(c3cc(C4CCNCC4)c(F)cn3)CC2)O1. The van der Waals surface area contributed by atoms with Crippen LogP contribution in [0.4, 0.5) is 4.39 Å². The monoisotopic (exact) mass is 540 g/mol. The zero-order valence-corrected chi connectivity index (χ0v) is 23.6. The maximum Gasteiger partial charge on any atom is 0.144 e. The Morgan fingerprint density at radius 1 is 0.950 bits per heavy atom. The van der Waals surface area contributed by atoms with Crippen molar-refractivity contribution in [2.24, 2.45) is 5.92 Å². The summed E-state index contributed by atoms with van der Waals surface area (Å²) in [7, 11) is 0. The van der Waals surface area contributed by atoms with E-state index in [1.807, 2.05) is 12.1 Å². The van der Waals surface area contributed by atoms with E-state index >= 15 is 0 Å². The third-order valence-corrected chi connectivity index (χ3v) is 9.79. The molecule has 3 aliphatic rings. The molecule has 2 aromatic heterocycles. The van der Waals surface area contributed by atoms with Gasteiger partial charge in [0.05, 0.1) is 29.5 Å². The fourth-order valence-corrected chi connectivity index (χ4v) is 7.66. The summed E-state index contributed by atoms with van der Waals surface area (Å²) >= 11 is 0. The van der Waals surface area contributed by atoms with Gasteiger partial charge in [-0.3, -0.25) is 9.97 Å². The van der Waals surface area contributed by atoms with Gasteiger partial charge >= 0.3 is 0 Å². The van der Waals surface area contributed by atoms with Crippen LogP contribution in [0.3, 0.4) is 0 Å². The first kappa shape index (κ1) is 27.3. The number of hydrogen-bond acceptors (Lipinski definition) is 5. The topological polar surface area (TPSA) is 70.8 Å². The molecular weight excluding hydrogens is 499 g/mol. The molecule has 4 heterocycles. The van der Waals surface area contributed by atoms with Gasteiger partial charge in [-0.1, -0.05) is 12.1 Å². The highest BCUT2D eigenvalue weighted by Crippen LogP contribution is 2.41. The number of nitriles is 1. The van der Waals surface area contributed by atoms with Crippen LogP contribution in [0.1, 0.15) is 111 Å². The smallest absolute Gasteiger partial charge is 0.144 e. The first-order valence-electron chi connectivity index (χ1n) is 15.4. The Bertz CT molecular complexity index is 1360. The molecule has 210 valence electrons. The van der Waals surface area contributed by atoms with Gasteiger partial charge < -0.3 is 10.1 Å². The van der Waals surface area contributed by atoms with Crippen molar-refractivity contribution in [2.75, 3.05) is 13.1 Å². The third-order valence-electron chi connectivity index (χ3n) is 9.79. The molecule has 3 atom stereocenters. The standard InChI is InChI=1S/C34H41FN4O/c1-22-17-26(29-11-9-27(20-36)34-30(29)3-2-14-38-34)8-10-28(40-22)18-23-4-6-25(7-5-23)33-19-31(32(35)21-39-33)24-12-15-37-16-13-24/h2-3,9,11,14,19,21-26,28,37H,4-8,10,12-13,15-18H2,1H3/t22-,23?,25?,26?,28-/m1/s1. The fraction of sp³-hybridized carbons (Fsp3) is 0.559. The van der Waals surface area contributed by atoms with E-state index in [-0.39, 0.29) is 11.9 Å². The number of piperidine rings is 1. The minimum absolute atomic E-state index is 0.132. The Hall–Kier alpha value is -2.88. The molecular formula is C34H41FN4O. The van der Waals surface area contributed by atoms with E-state index in [2.05, 4.69) is 46.5 Å². The Morgan fingerprint density at radius 2 is 1.75 bits per heavy atom. The summed E-state index contributed by atoms with van der Waals surface area (Å²) in [4.78, 5) is 9.08. The number of nitrogens with one attached hydrogen (secondary N) is 1. The van der Waals surface area contributed by atoms with Crippen molar-refractivity contribution in [2.45, 2.75) is 101 Å². The number of rotatable bonds is 5. The van der Waals surface area contributed by atoms with Crippen LogP contribution in [0, 0.1) is 23.1 Å². The van der Waals surface area contributed by atoms with Gasteiger partial charge in [-0.2, -0.15) is 5.26 Å². The van der Waals surface area contributed by atoms with Gasteiger partial charge in [-0.25, -0.2) is 4.39 Å². The van der Waals surface area contributed by atoms with Crippen molar-refractivity contribution >= 4 is 10.9 Å². The lowest BCUT2D eigenvalue weighted by atomic mass is 9.77. The van der Waals surface area contributed by atoms with Crippen LogP contribution in [-0.2, 0) is 4.74 Å². The van der Waals surface area contributed by atoms with E-state index < -0.39 is 0 Å². The Kier molecular flexibility index (Phi) is 8.41. The van der Waals surface area contributed by atoms with Crippen LogP contribution < -0.4 is 5.32 Å². The quantitative estimate of drug-likeness (QED) is 0.363. The second kappa shape index (κ2) is 12.3. The van der Waals surface area contributed by atoms with Crippen molar-refractivity contribution in [3.8, 4) is 6.07 Å². The second-order valence-corrected chi connectivity index (χ2v) is 12.4. The molecule has 1 saturated carbocycles. The average Bonchev–Trinajstić information content (AvgIpc) is 3.18. The van der Waals surface area contributed by atoms with E-state index in [9.17, 15) is 9.65 Å². The van der Waals surface area contributed by atoms with Crippen molar-refractivity contribution in [1.82, 2.24) is 15.3 Å². The molecule has 3 fully saturated rings. The normalized spacial score (nSPS) is 28.2. The van der Waals surface area contributed by atoms with Crippen LogP contribution >= 0.6 is 0 Å². The first-order chi connectivity index (χ1) is 19.6. The van der Waals surface area contributed by atoms with Crippen LogP contribution in [0.5, 0.6) is 0 Å². The molecule has 0 spiro atoms. The highest BCUT2D eigenvalue weighted by atomic mass is 19.1. The third kappa shape index (κ3) is 5.92. The fourth-order valence-electron chi connectivity index (χ4n) is 7.66. The van der Waals surface area contributed by atoms with Gasteiger partial charge in [0, 0.05) is 23.2 Å². The molecule has 2 aliphatic heterocycles. The molecule has 5 nitrogen and oxygen atoms in total. The summed E-state index contributed by atoms with van der Waals surface area (Å²) < 4.78 is 21.2. The molecule has 0 bridgehead atoms. The molecule has 6 heteroatoms. The van der Waals surface area contributed by atoms with E-state index in [0.717, 1.165) is 86.6 Å². The summed E-state index contributed by atoms with van der Waals surface area (Å²) in [6.45, 7) is 4.15. The van der Waals surface area contributed by atoms with E-state index in [1.54, 1.807) is 6.20 Å². The number of aromatic nitrogens is 2. The van der Waals surface area contributed by atoms with E-state index in [0.29, 0.717) is 35.3 Å². The van der Waals surface area contributed by atoms with Crippen molar-refractivity contribution in [1.29, 1.82) is 5.26 Å². The molecule has 2 saturated heterocycles. The molecule has 6 rings (SSSR count). The predicted molar refractivity (Wildman–Crippen MR) is 156 cm³/mol. The lowest BCUT2D eigenvalue weighted by Gasteiger charge is -2.31. The molecule has 1 unspecified atom stereocenters. The van der Waals surface area contributed by atoms with E-state index in [4.69, 9.17) is 4.74 Å². The van der Waals surface area contributed by atoms with Crippen molar-refractivity contribution in [3.63, 3.8) is 0 Å². The molecule has 3 aromatic rings. The maximum atomic E-state index is 14.6. The zero-order chi connectivity index (χ0) is 27.5. The highest BCUT2D eigenvalue weighted by Gasteiger charge is 2.31. The number of pyridine rings is 2. The number of ether oxygens (including phenoxy) is 1. The van der Waals surface area contributed by atoms with E-state index in [1.165, 1.54) is 24.6 Å². The molecule has 40 heavy (non-hydrogen) atoms. The summed E-state index contributed by atoms with van der Waals surface area (Å²) in [6.07, 6.45) is 14.7. The maximum absolute atomic E-state index is 14.6. The van der Waals surface area contributed by atoms with Gasteiger partial charge in [0.25, 0.3) is 0 Å². The molecule has 0 amide bonds. The summed E-state index contributed by atoms with van der Waals surface area (Å²) in [5, 5.41) is 14.0. The largest absolute Gasteiger partial charge is 0.375 e. The average molecular weight is 541 g/mol. The van der Waals surface area contributed by atoms with Crippen LogP contribution in [-0.4, -0.2) is 35.3 Å². The van der Waals surface area contributed by atoms with Crippen molar-refractivity contribution < 1.29 is 9.13 Å². The summed E-state index contributed by atoms with van der Waals surface area (Å²) in [5.74, 6) is 1.71. The molecule has 0 radical (unpaired) electrons. The molecule has 1 N–H and O–H groups in total. The summed E-state index contributed by atoms with van der Waals surface area (Å²) in [6, 6.07) is 12.5. The Balaban J connectivity index is 1.07. The van der Waals surface area contributed by atoms with Gasteiger partial charge in [-0.15, -0.1) is 0 Å². The lowest BCUT2D eigenvalue weighted by Crippen LogP contribution is -2.27. The van der Waals surface area contributed by atoms with Crippen LogP contribution in [0.2, 0.25) is 0 Å². The lowest BCUT2D eigenvalue weighted by molar-refractivity contribution is -0.0142. The van der Waals surface area contributed by atoms with Gasteiger partial charge in [0.2, 0.25) is 0 Å². The minimum atomic E-state index is -0.132. The first-order valence-corrected chi connectivity index (χ1v) is 15.4. The Morgan fingerprint density at radius 3 is 2.55 bits per heavy atom. The van der Waals surface area contributed by atoms with Gasteiger partial charge in [0.1, 0.15) is 11.9 Å². The number of benzene rings is 1. The molecule has 1 aromatic carbocycles. The number of fused-ring (bicyclic) bond motifs is 1. The zero-order valence-electron chi connectivity index (χ0n) is 23.6. The number of halogens is 1. The molecule has 1 aliphatic carbocycles. The second-order valence-electron chi connectivity index (χ2n) is 12.4. The highest BCUT2D eigenvalue weighted by molar-refractivity contribution is 5.87. The van der Waals surface area contributed by atoms with Crippen LogP contribution in [0.15, 0.2) is 42.7 Å². The summed E-state index contributed by atoms with van der Waals surface area (Å²) in [5.41, 5.74) is 4.74. The minimum Gasteiger partial charge on any atom is -0.375 e. The predicted octanol–water partition coefficient (Wildman–Crippen LogP) is 7.51. The number of hydrogen-bond donors (Lipinski definition) is 1. The van der Waals surface area contributed by atoms with Gasteiger partial charge in [0.15, 0.2) is 0 Å². The van der Waals surface area contributed by atoms with Gasteiger partial charge in [-0.05, 0) is 131 Å². The van der Waals surface area contributed by atoms with Crippen molar-refractivity contribution in [3.05, 3.63) is 70.9 Å². The Labute approximate surface area is 237 Å². The number of nitrogens with zero attached hydrogens (tertiary/aromatic N) is 3. The van der Waals surface area contributed by atoms with Crippen LogP contribution in [0.25, 0.3) is 10.9 Å².